The second-order valence-electron chi connectivity index (χ2n) is 8.42. The molecule has 0 radical (unpaired) electrons. The molecule has 0 saturated heterocycles. The molecule has 0 aliphatic heterocycles. The van der Waals surface area contributed by atoms with Crippen molar-refractivity contribution in [2.24, 2.45) is 0 Å². The Balaban J connectivity index is 0.00000900. The molecule has 5 nitrogen and oxygen atoms in total. The molecule has 0 amide bonds. The third-order valence-electron chi connectivity index (χ3n) is 5.51. The van der Waals surface area contributed by atoms with Crippen LogP contribution in [-0.4, -0.2) is 75.6 Å². The van der Waals surface area contributed by atoms with E-state index in [1.807, 2.05) is 6.92 Å². The standard InChI is InChI=1S/C24H42O5S.K.H/c1-3-4-5-6-7-8-9-10-11-12-13-14-15-16-17-21(2)29-22-18-19-23(25)24(20-22)30(26,27)28;;/h18-21,25H,3-17H2,1-2H3,(H,26,27,28);;. The van der Waals surface area contributed by atoms with Gasteiger partial charge in [0.05, 0.1) is 6.10 Å². The number of unbranched alkanes of at least 4 members (excludes halogenated alkanes) is 13. The van der Waals surface area contributed by atoms with Crippen LogP contribution in [0.15, 0.2) is 23.1 Å². The molecule has 0 spiro atoms. The van der Waals surface area contributed by atoms with Crippen LogP contribution in [0.2, 0.25) is 0 Å². The van der Waals surface area contributed by atoms with E-state index < -0.39 is 20.8 Å². The molecule has 1 rings (SSSR count). The van der Waals surface area contributed by atoms with Crippen LogP contribution >= 0.6 is 0 Å². The van der Waals surface area contributed by atoms with Gasteiger partial charge in [0.2, 0.25) is 0 Å². The SMILES string of the molecule is CCCCCCCCCCCCCCCCC(C)Oc1ccc(O)c(S(=O)(=O)O)c1.[KH]. The molecule has 1 aromatic carbocycles. The van der Waals surface area contributed by atoms with Crippen LogP contribution in [0.25, 0.3) is 0 Å². The molecule has 7 heteroatoms. The van der Waals surface area contributed by atoms with Gasteiger partial charge in [0.15, 0.2) is 0 Å². The Morgan fingerprint density at radius 2 is 1.29 bits per heavy atom. The normalized spacial score (nSPS) is 12.4. The third kappa shape index (κ3) is 15.8. The number of hydrogen-bond donors (Lipinski definition) is 2. The maximum atomic E-state index is 11.3. The van der Waals surface area contributed by atoms with Crippen molar-refractivity contribution in [3.05, 3.63) is 18.2 Å². The summed E-state index contributed by atoms with van der Waals surface area (Å²) < 4.78 is 37.4. The van der Waals surface area contributed by atoms with Crippen LogP contribution < -0.4 is 4.74 Å². The molecule has 1 aromatic rings. The molecule has 0 bridgehead atoms. The summed E-state index contributed by atoms with van der Waals surface area (Å²) in [4.78, 5) is -0.524. The summed E-state index contributed by atoms with van der Waals surface area (Å²) >= 11 is 0. The average molecular weight is 483 g/mol. The molecule has 1 atom stereocenters. The van der Waals surface area contributed by atoms with Crippen molar-refractivity contribution in [3.8, 4) is 11.5 Å². The van der Waals surface area contributed by atoms with Crippen LogP contribution in [0.5, 0.6) is 11.5 Å². The molecule has 0 fully saturated rings. The van der Waals surface area contributed by atoms with E-state index in [1.54, 1.807) is 0 Å². The van der Waals surface area contributed by atoms with E-state index in [9.17, 15) is 13.5 Å². The van der Waals surface area contributed by atoms with Gasteiger partial charge in [-0.1, -0.05) is 90.4 Å². The summed E-state index contributed by atoms with van der Waals surface area (Å²) in [6.45, 7) is 4.21. The van der Waals surface area contributed by atoms with Gasteiger partial charge < -0.3 is 9.84 Å². The van der Waals surface area contributed by atoms with Gasteiger partial charge in [-0.05, 0) is 31.9 Å². The minimum atomic E-state index is -4.46. The van der Waals surface area contributed by atoms with Gasteiger partial charge in [-0.15, -0.1) is 0 Å². The number of aromatic hydroxyl groups is 1. The molecule has 1 unspecified atom stereocenters. The van der Waals surface area contributed by atoms with Crippen LogP contribution in [0.4, 0.5) is 0 Å². The molecule has 0 aliphatic rings. The van der Waals surface area contributed by atoms with Crippen molar-refractivity contribution in [2.45, 2.75) is 121 Å². The zero-order chi connectivity index (χ0) is 22.2. The monoisotopic (exact) mass is 482 g/mol. The van der Waals surface area contributed by atoms with Crippen molar-refractivity contribution in [1.29, 1.82) is 0 Å². The van der Waals surface area contributed by atoms with Gasteiger partial charge in [-0.25, -0.2) is 0 Å². The predicted molar refractivity (Wildman–Crippen MR) is 130 cm³/mol. The predicted octanol–water partition coefficient (Wildman–Crippen LogP) is 6.63. The van der Waals surface area contributed by atoms with Crippen molar-refractivity contribution >= 4 is 61.5 Å². The topological polar surface area (TPSA) is 83.8 Å². The van der Waals surface area contributed by atoms with Gasteiger partial charge in [0, 0.05) is 6.07 Å². The minimum absolute atomic E-state index is 0. The van der Waals surface area contributed by atoms with E-state index in [-0.39, 0.29) is 57.5 Å². The fraction of sp³-hybridized carbons (Fsp3) is 0.750. The molecule has 0 aromatic heterocycles. The first-order chi connectivity index (χ1) is 14.3. The number of hydrogen-bond acceptors (Lipinski definition) is 4. The average Bonchev–Trinajstić information content (AvgIpc) is 2.69. The summed E-state index contributed by atoms with van der Waals surface area (Å²) in [6, 6.07) is 3.88. The van der Waals surface area contributed by atoms with Gasteiger partial charge in [-0.2, -0.15) is 8.42 Å². The molecule has 2 N–H and O–H groups in total. The Labute approximate surface area is 232 Å². The number of benzene rings is 1. The van der Waals surface area contributed by atoms with Crippen molar-refractivity contribution < 1.29 is 22.8 Å². The first-order valence-corrected chi connectivity index (χ1v) is 13.3. The molecular weight excluding hydrogens is 439 g/mol. The summed E-state index contributed by atoms with van der Waals surface area (Å²) in [5.41, 5.74) is 0. The second kappa shape index (κ2) is 18.8. The molecule has 0 aliphatic carbocycles. The van der Waals surface area contributed by atoms with Crippen LogP contribution in [-0.2, 0) is 10.1 Å². The zero-order valence-corrected chi connectivity index (χ0v) is 19.8. The Bertz CT molecular complexity index is 679. The van der Waals surface area contributed by atoms with E-state index in [0.717, 1.165) is 18.9 Å². The van der Waals surface area contributed by atoms with Crippen LogP contribution in [0.1, 0.15) is 110 Å². The third-order valence-corrected chi connectivity index (χ3v) is 6.39. The fourth-order valence-corrected chi connectivity index (χ4v) is 4.29. The van der Waals surface area contributed by atoms with E-state index >= 15 is 0 Å². The number of phenolic OH excluding ortho intramolecular Hbond substituents is 1. The molecule has 31 heavy (non-hydrogen) atoms. The number of ether oxygens (including phenoxy) is 1. The second-order valence-corrected chi connectivity index (χ2v) is 9.81. The quantitative estimate of drug-likeness (QED) is 0.139. The molecule has 176 valence electrons. The van der Waals surface area contributed by atoms with Gasteiger partial charge in [0.25, 0.3) is 10.1 Å². The van der Waals surface area contributed by atoms with Gasteiger partial charge in [-0.3, -0.25) is 4.55 Å². The van der Waals surface area contributed by atoms with E-state index in [4.69, 9.17) is 9.29 Å². The molecule has 0 saturated carbocycles. The fourth-order valence-electron chi connectivity index (χ4n) is 3.69. The van der Waals surface area contributed by atoms with Crippen molar-refractivity contribution in [3.63, 3.8) is 0 Å². The summed E-state index contributed by atoms with van der Waals surface area (Å²) in [5, 5.41) is 9.55. The maximum absolute atomic E-state index is 11.3. The van der Waals surface area contributed by atoms with Crippen molar-refractivity contribution in [1.82, 2.24) is 0 Å². The molecule has 0 heterocycles. The number of rotatable bonds is 18. The molecular formula is C24H43KO5S. The van der Waals surface area contributed by atoms with E-state index in [2.05, 4.69) is 6.92 Å². The summed E-state index contributed by atoms with van der Waals surface area (Å²) in [6.07, 6.45) is 19.4. The number of phenols is 1. The summed E-state index contributed by atoms with van der Waals surface area (Å²) in [5.74, 6) is -0.150. The van der Waals surface area contributed by atoms with Crippen LogP contribution in [0, 0.1) is 0 Å². The van der Waals surface area contributed by atoms with Gasteiger partial charge >= 0.3 is 51.4 Å². The van der Waals surface area contributed by atoms with Crippen molar-refractivity contribution in [2.75, 3.05) is 0 Å². The Kier molecular flexibility index (Phi) is 19.0. The Morgan fingerprint density at radius 3 is 1.74 bits per heavy atom. The van der Waals surface area contributed by atoms with Crippen LogP contribution in [0.3, 0.4) is 0 Å². The Morgan fingerprint density at radius 1 is 0.839 bits per heavy atom. The van der Waals surface area contributed by atoms with E-state index in [0.29, 0.717) is 5.75 Å². The zero-order valence-electron chi connectivity index (χ0n) is 18.9. The summed E-state index contributed by atoms with van der Waals surface area (Å²) in [7, 11) is -4.46. The van der Waals surface area contributed by atoms with E-state index in [1.165, 1.54) is 95.6 Å². The first kappa shape index (κ1) is 31.4. The van der Waals surface area contributed by atoms with Gasteiger partial charge in [0.1, 0.15) is 16.4 Å². The first-order valence-electron chi connectivity index (χ1n) is 11.8. The Hall–Kier alpha value is 0.366.